The van der Waals surface area contributed by atoms with Gasteiger partial charge in [-0.15, -0.1) is 0 Å². The number of fused-ring (bicyclic) bond motifs is 1. The van der Waals surface area contributed by atoms with Gasteiger partial charge in [-0.2, -0.15) is 4.98 Å². The van der Waals surface area contributed by atoms with E-state index in [-0.39, 0.29) is 17.1 Å². The Bertz CT molecular complexity index is 1540. The molecule has 2 heterocycles. The number of carboxylic acids is 1. The molecule has 1 atom stereocenters. The van der Waals surface area contributed by atoms with Crippen LogP contribution in [-0.2, 0) is 4.79 Å². The van der Waals surface area contributed by atoms with Crippen LogP contribution in [0.15, 0.2) is 58.9 Å². The number of aromatic nitrogens is 4. The van der Waals surface area contributed by atoms with Crippen molar-refractivity contribution in [1.82, 2.24) is 19.5 Å². The second kappa shape index (κ2) is 9.99. The van der Waals surface area contributed by atoms with Crippen LogP contribution in [0, 0.1) is 13.8 Å². The van der Waals surface area contributed by atoms with E-state index in [1.54, 1.807) is 11.5 Å². The zero-order valence-corrected chi connectivity index (χ0v) is 20.6. The predicted molar refractivity (Wildman–Crippen MR) is 141 cm³/mol. The number of hydrogen-bond donors (Lipinski definition) is 3. The lowest BCUT2D eigenvalue weighted by molar-refractivity contribution is -0.132. The van der Waals surface area contributed by atoms with Gasteiger partial charge in [0, 0.05) is 11.1 Å². The first-order valence-electron chi connectivity index (χ1n) is 11.6. The van der Waals surface area contributed by atoms with Gasteiger partial charge < -0.3 is 16.2 Å². The highest BCUT2D eigenvalue weighted by Gasteiger charge is 2.23. The van der Waals surface area contributed by atoms with Crippen molar-refractivity contribution < 1.29 is 9.90 Å². The summed E-state index contributed by atoms with van der Waals surface area (Å²) in [6.45, 7) is 7.10. The summed E-state index contributed by atoms with van der Waals surface area (Å²) in [6.07, 6.45) is 2.06. The van der Waals surface area contributed by atoms with Crippen molar-refractivity contribution in [2.75, 3.05) is 11.1 Å². The van der Waals surface area contributed by atoms with Crippen molar-refractivity contribution >= 4 is 34.7 Å². The molecule has 0 fully saturated rings. The number of anilines is 2. The average molecular weight is 485 g/mol. The van der Waals surface area contributed by atoms with Crippen molar-refractivity contribution in [2.24, 2.45) is 0 Å². The smallest absolute Gasteiger partial charge is 0.331 e. The topological polar surface area (TPSA) is 136 Å². The van der Waals surface area contributed by atoms with E-state index in [9.17, 15) is 14.7 Å². The van der Waals surface area contributed by atoms with Crippen molar-refractivity contribution in [1.29, 1.82) is 0 Å². The number of para-hydroxylation sites is 1. The van der Waals surface area contributed by atoms with Gasteiger partial charge in [-0.1, -0.05) is 37.3 Å². The van der Waals surface area contributed by atoms with E-state index in [4.69, 9.17) is 10.7 Å². The number of nitrogens with zero attached hydrogens (tertiary/aromatic N) is 4. The molecule has 0 saturated heterocycles. The minimum Gasteiger partial charge on any atom is -0.478 e. The molecule has 4 aromatic rings. The highest BCUT2D eigenvalue weighted by atomic mass is 16.4. The minimum absolute atomic E-state index is 0.0533. The molecule has 2 aromatic carbocycles. The summed E-state index contributed by atoms with van der Waals surface area (Å²) in [6, 6.07) is 14.5. The van der Waals surface area contributed by atoms with Crippen LogP contribution >= 0.6 is 0 Å². The number of rotatable bonds is 7. The molecule has 4 N–H and O–H groups in total. The molecule has 0 radical (unpaired) electrons. The number of carboxylic acid groups (broad SMARTS) is 1. The van der Waals surface area contributed by atoms with Crippen molar-refractivity contribution in [3.05, 3.63) is 87.1 Å². The Kier molecular flexibility index (Phi) is 6.82. The molecule has 0 bridgehead atoms. The van der Waals surface area contributed by atoms with Crippen LogP contribution in [0.1, 0.15) is 49.0 Å². The quantitative estimate of drug-likeness (QED) is 0.328. The standard InChI is InChI=1S/C27H28N6O3/c1-5-20(30-23-19(14-16(3)26(35)36)17(4)29-27(28)32-23)24-31-21-13-9-10-15(2)22(21)25(34)33(24)18-11-7-6-8-12-18/h6-14,20H,5H2,1-4H3,(H,35,36)(H3,28,29,30,32)/b16-14-. The maximum absolute atomic E-state index is 13.8. The Balaban J connectivity index is 1.95. The highest BCUT2D eigenvalue weighted by Crippen LogP contribution is 2.28. The fourth-order valence-electron chi connectivity index (χ4n) is 4.15. The third-order valence-corrected chi connectivity index (χ3v) is 6.03. The van der Waals surface area contributed by atoms with E-state index >= 15 is 0 Å². The number of aryl methyl sites for hydroxylation is 2. The molecule has 1 unspecified atom stereocenters. The molecule has 184 valence electrons. The van der Waals surface area contributed by atoms with Crippen molar-refractivity contribution in [3.63, 3.8) is 0 Å². The maximum atomic E-state index is 13.8. The number of benzene rings is 2. The van der Waals surface area contributed by atoms with E-state index in [0.29, 0.717) is 45.9 Å². The zero-order valence-electron chi connectivity index (χ0n) is 20.6. The third kappa shape index (κ3) is 4.68. The molecule has 2 aromatic heterocycles. The Morgan fingerprint density at radius 2 is 1.83 bits per heavy atom. The van der Waals surface area contributed by atoms with E-state index < -0.39 is 12.0 Å². The molecule has 0 aliphatic heterocycles. The molecule has 0 aliphatic carbocycles. The summed E-state index contributed by atoms with van der Waals surface area (Å²) < 4.78 is 1.62. The van der Waals surface area contributed by atoms with Gasteiger partial charge in [-0.3, -0.25) is 9.36 Å². The summed E-state index contributed by atoms with van der Waals surface area (Å²) in [4.78, 5) is 38.8. The molecule has 0 aliphatic rings. The van der Waals surface area contributed by atoms with Crippen LogP contribution in [0.25, 0.3) is 22.7 Å². The van der Waals surface area contributed by atoms with Crippen LogP contribution < -0.4 is 16.6 Å². The molecular weight excluding hydrogens is 456 g/mol. The van der Waals surface area contributed by atoms with Crippen molar-refractivity contribution in [2.45, 2.75) is 40.2 Å². The van der Waals surface area contributed by atoms with Crippen LogP contribution in [0.3, 0.4) is 0 Å². The number of carbonyl (C=O) groups is 1. The molecule has 0 spiro atoms. The number of nitrogens with two attached hydrogens (primary N) is 1. The van der Waals surface area contributed by atoms with Gasteiger partial charge in [0.2, 0.25) is 5.95 Å². The first-order chi connectivity index (χ1) is 17.2. The monoisotopic (exact) mass is 484 g/mol. The van der Waals surface area contributed by atoms with Gasteiger partial charge in [0.15, 0.2) is 0 Å². The zero-order chi connectivity index (χ0) is 26.0. The number of nitrogen functional groups attached to an aromatic ring is 1. The summed E-state index contributed by atoms with van der Waals surface area (Å²) in [5.74, 6) is -0.122. The number of nitrogens with one attached hydrogen (secondary N) is 1. The maximum Gasteiger partial charge on any atom is 0.331 e. The Morgan fingerprint density at radius 1 is 1.11 bits per heavy atom. The fourth-order valence-corrected chi connectivity index (χ4v) is 4.15. The van der Waals surface area contributed by atoms with Crippen LogP contribution in [0.2, 0.25) is 0 Å². The summed E-state index contributed by atoms with van der Waals surface area (Å²) >= 11 is 0. The first-order valence-corrected chi connectivity index (χ1v) is 11.6. The first kappa shape index (κ1) is 24.6. The highest BCUT2D eigenvalue weighted by molar-refractivity contribution is 5.92. The van der Waals surface area contributed by atoms with E-state index in [1.807, 2.05) is 62.4 Å². The lowest BCUT2D eigenvalue weighted by atomic mass is 10.1. The Hall–Kier alpha value is -4.53. The lowest BCUT2D eigenvalue weighted by Crippen LogP contribution is -2.29. The molecule has 0 amide bonds. The fraction of sp³-hybridized carbons (Fsp3) is 0.222. The van der Waals surface area contributed by atoms with Crippen molar-refractivity contribution in [3.8, 4) is 5.69 Å². The molecule has 0 saturated carbocycles. The molecule has 9 heteroatoms. The third-order valence-electron chi connectivity index (χ3n) is 6.03. The second-order valence-corrected chi connectivity index (χ2v) is 8.58. The Morgan fingerprint density at radius 3 is 2.50 bits per heavy atom. The van der Waals surface area contributed by atoms with E-state index in [2.05, 4.69) is 15.3 Å². The normalized spacial score (nSPS) is 12.5. The SMILES string of the molecule is CCC(Nc1nc(N)nc(C)c1/C=C(/C)C(=O)O)c1nc2cccc(C)c2c(=O)n1-c1ccccc1. The molecule has 9 nitrogen and oxygen atoms in total. The van der Waals surface area contributed by atoms with Crippen LogP contribution in [0.5, 0.6) is 0 Å². The number of aliphatic carboxylic acids is 1. The van der Waals surface area contributed by atoms with Gasteiger partial charge in [-0.05, 0) is 57.0 Å². The largest absolute Gasteiger partial charge is 0.478 e. The van der Waals surface area contributed by atoms with Gasteiger partial charge >= 0.3 is 5.97 Å². The summed E-state index contributed by atoms with van der Waals surface area (Å²) in [7, 11) is 0. The number of hydrogen-bond acceptors (Lipinski definition) is 7. The summed E-state index contributed by atoms with van der Waals surface area (Å²) in [5, 5.41) is 13.3. The Labute approximate surface area is 208 Å². The van der Waals surface area contributed by atoms with E-state index in [1.165, 1.54) is 13.0 Å². The van der Waals surface area contributed by atoms with Gasteiger partial charge in [0.05, 0.1) is 28.3 Å². The van der Waals surface area contributed by atoms with Gasteiger partial charge in [0.25, 0.3) is 5.56 Å². The predicted octanol–water partition coefficient (Wildman–Crippen LogP) is 4.43. The molecule has 4 rings (SSSR count). The second-order valence-electron chi connectivity index (χ2n) is 8.58. The van der Waals surface area contributed by atoms with E-state index in [0.717, 1.165) is 5.56 Å². The lowest BCUT2D eigenvalue weighted by Gasteiger charge is -2.23. The molecular formula is C27H28N6O3. The minimum atomic E-state index is -1.05. The van der Waals surface area contributed by atoms with Gasteiger partial charge in [0.1, 0.15) is 11.6 Å². The van der Waals surface area contributed by atoms with Crippen LogP contribution in [-0.4, -0.2) is 30.6 Å². The molecule has 36 heavy (non-hydrogen) atoms. The summed E-state index contributed by atoms with van der Waals surface area (Å²) in [5.41, 5.74) is 9.08. The average Bonchev–Trinajstić information content (AvgIpc) is 2.84. The van der Waals surface area contributed by atoms with Gasteiger partial charge in [-0.25, -0.2) is 14.8 Å². The van der Waals surface area contributed by atoms with Crippen LogP contribution in [0.4, 0.5) is 11.8 Å².